The molecular formula is C19H36IN5S. The maximum Gasteiger partial charge on any atom is 0.193 e. The van der Waals surface area contributed by atoms with Crippen LogP contribution in [0.15, 0.2) is 10.4 Å². The number of thiazole rings is 1. The summed E-state index contributed by atoms with van der Waals surface area (Å²) in [6.07, 6.45) is 6.00. The van der Waals surface area contributed by atoms with Crippen molar-refractivity contribution in [3.63, 3.8) is 0 Å². The maximum atomic E-state index is 4.70. The van der Waals surface area contributed by atoms with Crippen LogP contribution >= 0.6 is 35.3 Å². The molecule has 1 fully saturated rings. The number of likely N-dealkylation sites (tertiary alicyclic amines) is 1. The molecule has 1 N–H and O–H groups in total. The van der Waals surface area contributed by atoms with Crippen molar-refractivity contribution in [1.82, 2.24) is 20.1 Å². The summed E-state index contributed by atoms with van der Waals surface area (Å²) in [4.78, 5) is 13.9. The third-order valence-corrected chi connectivity index (χ3v) is 6.01. The maximum absolute atomic E-state index is 4.70. The molecule has 1 aromatic heterocycles. The van der Waals surface area contributed by atoms with E-state index in [0.717, 1.165) is 37.9 Å². The number of unbranched alkanes of at least 4 members (excludes halogenated alkanes) is 1. The Morgan fingerprint density at radius 1 is 1.38 bits per heavy atom. The van der Waals surface area contributed by atoms with Gasteiger partial charge >= 0.3 is 0 Å². The third kappa shape index (κ3) is 7.68. The van der Waals surface area contributed by atoms with Gasteiger partial charge in [-0.25, -0.2) is 4.98 Å². The van der Waals surface area contributed by atoms with Crippen molar-refractivity contribution in [2.75, 3.05) is 40.3 Å². The van der Waals surface area contributed by atoms with E-state index in [9.17, 15) is 0 Å². The number of halogens is 1. The zero-order valence-corrected chi connectivity index (χ0v) is 20.0. The second-order valence-corrected chi connectivity index (χ2v) is 7.95. The second kappa shape index (κ2) is 12.9. The molecule has 7 heteroatoms. The van der Waals surface area contributed by atoms with Crippen LogP contribution in [0.4, 0.5) is 0 Å². The number of aryl methyl sites for hydroxylation is 1. The van der Waals surface area contributed by atoms with E-state index in [1.54, 1.807) is 11.3 Å². The van der Waals surface area contributed by atoms with Crippen molar-refractivity contribution in [2.24, 2.45) is 10.9 Å². The van der Waals surface area contributed by atoms with Crippen LogP contribution in [-0.4, -0.2) is 61.0 Å². The lowest BCUT2D eigenvalue weighted by atomic mass is 9.97. The fraction of sp³-hybridized carbons (Fsp3) is 0.789. The summed E-state index contributed by atoms with van der Waals surface area (Å²) >= 11 is 1.80. The topological polar surface area (TPSA) is 43.8 Å². The lowest BCUT2D eigenvalue weighted by Crippen LogP contribution is -2.43. The molecule has 2 rings (SSSR count). The van der Waals surface area contributed by atoms with E-state index in [1.807, 2.05) is 7.05 Å². The first-order valence-electron chi connectivity index (χ1n) is 9.73. The van der Waals surface area contributed by atoms with Crippen molar-refractivity contribution >= 4 is 41.3 Å². The lowest BCUT2D eigenvalue weighted by Gasteiger charge is -2.32. The Labute approximate surface area is 180 Å². The van der Waals surface area contributed by atoms with E-state index >= 15 is 0 Å². The molecule has 1 aromatic rings. The van der Waals surface area contributed by atoms with Crippen LogP contribution < -0.4 is 5.32 Å². The Balaban J connectivity index is 0.00000338. The molecule has 0 unspecified atom stereocenters. The van der Waals surface area contributed by atoms with Gasteiger partial charge in [0.2, 0.25) is 0 Å². The molecule has 2 heterocycles. The molecule has 1 aliphatic rings. The lowest BCUT2D eigenvalue weighted by molar-refractivity contribution is 0.176. The molecule has 0 aromatic carbocycles. The summed E-state index contributed by atoms with van der Waals surface area (Å²) in [5.74, 6) is 1.78. The second-order valence-electron chi connectivity index (χ2n) is 7.01. The first kappa shape index (κ1) is 23.6. The Hall–Kier alpha value is -0.410. The highest BCUT2D eigenvalue weighted by atomic mass is 127. The molecule has 0 atom stereocenters. The average Bonchev–Trinajstić information content (AvgIpc) is 3.09. The van der Waals surface area contributed by atoms with Crippen LogP contribution in [0.2, 0.25) is 0 Å². The predicted molar refractivity (Wildman–Crippen MR) is 124 cm³/mol. The average molecular weight is 494 g/mol. The minimum absolute atomic E-state index is 0. The van der Waals surface area contributed by atoms with Crippen molar-refractivity contribution < 1.29 is 0 Å². The molecule has 0 saturated carbocycles. The van der Waals surface area contributed by atoms with E-state index in [-0.39, 0.29) is 24.0 Å². The van der Waals surface area contributed by atoms with Crippen LogP contribution in [-0.2, 0) is 13.0 Å². The molecule has 5 nitrogen and oxygen atoms in total. The number of aliphatic imine (C=N–C) groups is 1. The first-order chi connectivity index (χ1) is 12.2. The predicted octanol–water partition coefficient (Wildman–Crippen LogP) is 3.84. The van der Waals surface area contributed by atoms with Gasteiger partial charge in [0.15, 0.2) is 5.96 Å². The fourth-order valence-electron chi connectivity index (χ4n) is 3.28. The van der Waals surface area contributed by atoms with Crippen molar-refractivity contribution in [3.05, 3.63) is 16.1 Å². The molecular weight excluding hydrogens is 457 g/mol. The van der Waals surface area contributed by atoms with Gasteiger partial charge in [0.25, 0.3) is 0 Å². The summed E-state index contributed by atoms with van der Waals surface area (Å²) in [6.45, 7) is 9.88. The van der Waals surface area contributed by atoms with E-state index in [4.69, 9.17) is 4.98 Å². The van der Waals surface area contributed by atoms with Crippen molar-refractivity contribution in [3.8, 4) is 0 Å². The van der Waals surface area contributed by atoms with Crippen LogP contribution in [0, 0.1) is 5.92 Å². The highest BCUT2D eigenvalue weighted by Gasteiger charge is 2.20. The quantitative estimate of drug-likeness (QED) is 0.340. The molecule has 0 aliphatic carbocycles. The summed E-state index contributed by atoms with van der Waals surface area (Å²) < 4.78 is 0. The summed E-state index contributed by atoms with van der Waals surface area (Å²) in [5.41, 5.74) is 1.25. The number of rotatable bonds is 8. The third-order valence-electron chi connectivity index (χ3n) is 4.96. The van der Waals surface area contributed by atoms with Crippen LogP contribution in [0.1, 0.15) is 50.2 Å². The van der Waals surface area contributed by atoms with Crippen molar-refractivity contribution in [2.45, 2.75) is 52.5 Å². The van der Waals surface area contributed by atoms with Gasteiger partial charge in [-0.1, -0.05) is 20.3 Å². The largest absolute Gasteiger partial charge is 0.356 e. The Morgan fingerprint density at radius 3 is 2.69 bits per heavy atom. The van der Waals surface area contributed by atoms with Crippen LogP contribution in [0.5, 0.6) is 0 Å². The number of hydrogen-bond acceptors (Lipinski definition) is 4. The molecule has 1 aliphatic heterocycles. The van der Waals surface area contributed by atoms with Gasteiger partial charge in [0.1, 0.15) is 0 Å². The van der Waals surface area contributed by atoms with E-state index in [1.165, 1.54) is 49.5 Å². The molecule has 0 radical (unpaired) electrons. The number of piperidine rings is 1. The normalized spacial score (nSPS) is 16.4. The zero-order chi connectivity index (χ0) is 18.1. The molecule has 0 bridgehead atoms. The number of nitrogens with zero attached hydrogens (tertiary/aromatic N) is 4. The van der Waals surface area contributed by atoms with Gasteiger partial charge in [0, 0.05) is 39.1 Å². The van der Waals surface area contributed by atoms with E-state index in [2.05, 4.69) is 46.4 Å². The monoisotopic (exact) mass is 493 g/mol. The fourth-order valence-corrected chi connectivity index (χ4v) is 4.02. The zero-order valence-electron chi connectivity index (χ0n) is 16.8. The summed E-state index contributed by atoms with van der Waals surface area (Å²) in [6, 6.07) is 0. The van der Waals surface area contributed by atoms with E-state index in [0.29, 0.717) is 0 Å². The standard InChI is InChI=1S/C19H35N5S.HI/c1-5-7-10-23(4)19(20-3)21-13-16-8-11-24(12-9-16)14-17-15-25-18(6-2)22-17;/h15-16H,5-14H2,1-4H3,(H,20,21);1H. The minimum Gasteiger partial charge on any atom is -0.356 e. The summed E-state index contributed by atoms with van der Waals surface area (Å²) in [7, 11) is 4.01. The van der Waals surface area contributed by atoms with Crippen LogP contribution in [0.25, 0.3) is 0 Å². The molecule has 0 amide bonds. The first-order valence-corrected chi connectivity index (χ1v) is 10.6. The van der Waals surface area contributed by atoms with E-state index < -0.39 is 0 Å². The molecule has 150 valence electrons. The van der Waals surface area contributed by atoms with Gasteiger partial charge in [-0.3, -0.25) is 9.89 Å². The smallest absolute Gasteiger partial charge is 0.193 e. The Morgan fingerprint density at radius 2 is 2.12 bits per heavy atom. The van der Waals surface area contributed by atoms with Gasteiger partial charge in [-0.15, -0.1) is 35.3 Å². The number of nitrogens with one attached hydrogen (secondary N) is 1. The summed E-state index contributed by atoms with van der Waals surface area (Å²) in [5, 5.41) is 7.05. The molecule has 26 heavy (non-hydrogen) atoms. The number of guanidine groups is 1. The van der Waals surface area contributed by atoms with Crippen LogP contribution in [0.3, 0.4) is 0 Å². The van der Waals surface area contributed by atoms with Crippen molar-refractivity contribution in [1.29, 1.82) is 0 Å². The molecule has 0 spiro atoms. The number of aromatic nitrogens is 1. The highest BCUT2D eigenvalue weighted by molar-refractivity contribution is 14.0. The molecule has 1 saturated heterocycles. The minimum atomic E-state index is 0. The van der Waals surface area contributed by atoms with Gasteiger partial charge in [-0.2, -0.15) is 0 Å². The van der Waals surface area contributed by atoms with Gasteiger partial charge in [0.05, 0.1) is 10.7 Å². The van der Waals surface area contributed by atoms with Gasteiger partial charge < -0.3 is 10.2 Å². The van der Waals surface area contributed by atoms with Gasteiger partial charge in [-0.05, 0) is 44.7 Å². The number of hydrogen-bond donors (Lipinski definition) is 1. The Bertz CT molecular complexity index is 526. The Kier molecular flexibility index (Phi) is 11.7. The SMILES string of the molecule is CCCCN(C)C(=NC)NCC1CCN(Cc2csc(CC)n2)CC1.I. The highest BCUT2D eigenvalue weighted by Crippen LogP contribution is 2.19.